The maximum atomic E-state index is 15.0. The van der Waals surface area contributed by atoms with Gasteiger partial charge in [-0.2, -0.15) is 0 Å². The summed E-state index contributed by atoms with van der Waals surface area (Å²) in [7, 11) is 1.44. The Morgan fingerprint density at radius 3 is 2.56 bits per heavy atom. The summed E-state index contributed by atoms with van der Waals surface area (Å²) >= 11 is 0. The highest BCUT2D eigenvalue weighted by Crippen LogP contribution is 2.37. The Hall–Kier alpha value is -4.34. The molecule has 0 atom stereocenters. The first-order valence-corrected chi connectivity index (χ1v) is 11.4. The van der Waals surface area contributed by atoms with Crippen molar-refractivity contribution in [2.45, 2.75) is 32.3 Å². The Morgan fingerprint density at radius 1 is 1.11 bits per heavy atom. The number of carbonyl (C=O) groups excluding carboxylic acids is 1. The number of ether oxygens (including phenoxy) is 3. The molecule has 0 spiro atoms. The summed E-state index contributed by atoms with van der Waals surface area (Å²) in [5.41, 5.74) is 1.34. The van der Waals surface area contributed by atoms with Crippen LogP contribution in [0.15, 0.2) is 48.9 Å². The maximum absolute atomic E-state index is 15.0. The van der Waals surface area contributed by atoms with Crippen LogP contribution in [0.4, 0.5) is 14.5 Å². The molecule has 5 rings (SSSR count). The SMILES string of the molecule is CCc1cc2nccc(Oc3c(F)cc(NC(=O)c4cnccc4OC4CC4)cc3F)c2c(OC)n1. The minimum Gasteiger partial charge on any atom is -0.489 e. The number of aryl methyl sites for hydroxylation is 1. The van der Waals surface area contributed by atoms with Crippen molar-refractivity contribution < 1.29 is 27.8 Å². The molecule has 0 unspecified atom stereocenters. The van der Waals surface area contributed by atoms with Crippen molar-refractivity contribution in [3.8, 4) is 23.1 Å². The lowest BCUT2D eigenvalue weighted by Crippen LogP contribution is -2.15. The third-order valence-electron chi connectivity index (χ3n) is 5.57. The summed E-state index contributed by atoms with van der Waals surface area (Å²) in [6, 6.07) is 6.76. The Morgan fingerprint density at radius 2 is 1.86 bits per heavy atom. The first kappa shape index (κ1) is 23.4. The number of hydrogen-bond donors (Lipinski definition) is 1. The van der Waals surface area contributed by atoms with Crippen LogP contribution < -0.4 is 19.5 Å². The van der Waals surface area contributed by atoms with Crippen LogP contribution in [-0.4, -0.2) is 34.1 Å². The predicted octanol–water partition coefficient (Wildman–Crippen LogP) is 5.46. The number of aromatic nitrogens is 3. The van der Waals surface area contributed by atoms with Gasteiger partial charge in [0.25, 0.3) is 5.91 Å². The molecule has 1 amide bonds. The fourth-order valence-corrected chi connectivity index (χ4v) is 3.63. The van der Waals surface area contributed by atoms with E-state index in [1.807, 2.05) is 6.92 Å². The summed E-state index contributed by atoms with van der Waals surface area (Å²) < 4.78 is 46.7. The van der Waals surface area contributed by atoms with Crippen LogP contribution in [0.5, 0.6) is 23.1 Å². The van der Waals surface area contributed by atoms with Gasteiger partial charge in [-0.3, -0.25) is 14.8 Å². The van der Waals surface area contributed by atoms with Crippen LogP contribution >= 0.6 is 0 Å². The van der Waals surface area contributed by atoms with E-state index in [0.29, 0.717) is 23.1 Å². The highest BCUT2D eigenvalue weighted by Gasteiger charge is 2.26. The molecule has 3 heterocycles. The zero-order valence-corrected chi connectivity index (χ0v) is 19.5. The van der Waals surface area contributed by atoms with Crippen LogP contribution in [0, 0.1) is 11.6 Å². The summed E-state index contributed by atoms with van der Waals surface area (Å²) in [5.74, 6) is -2.53. The summed E-state index contributed by atoms with van der Waals surface area (Å²) in [4.78, 5) is 25.4. The fourth-order valence-electron chi connectivity index (χ4n) is 3.63. The van der Waals surface area contributed by atoms with Crippen molar-refractivity contribution in [2.24, 2.45) is 0 Å². The molecule has 1 aromatic carbocycles. The van der Waals surface area contributed by atoms with Crippen molar-refractivity contribution in [1.82, 2.24) is 15.0 Å². The quantitative estimate of drug-likeness (QED) is 0.349. The molecule has 0 bridgehead atoms. The van der Waals surface area contributed by atoms with Crippen molar-refractivity contribution in [3.05, 3.63) is 71.8 Å². The fraction of sp³-hybridized carbons (Fsp3) is 0.231. The highest BCUT2D eigenvalue weighted by molar-refractivity contribution is 6.06. The second-order valence-corrected chi connectivity index (χ2v) is 8.19. The van der Waals surface area contributed by atoms with Gasteiger partial charge in [0.05, 0.1) is 24.3 Å². The Balaban J connectivity index is 1.42. The van der Waals surface area contributed by atoms with E-state index in [1.165, 1.54) is 31.8 Å². The van der Waals surface area contributed by atoms with E-state index in [1.54, 1.807) is 12.1 Å². The monoisotopic (exact) mass is 492 g/mol. The number of nitrogens with zero attached hydrogens (tertiary/aromatic N) is 3. The number of carbonyl (C=O) groups is 1. The molecule has 1 N–H and O–H groups in total. The molecule has 8 nitrogen and oxygen atoms in total. The minimum absolute atomic E-state index is 0.0666. The third kappa shape index (κ3) is 4.74. The molecule has 1 fully saturated rings. The molecule has 10 heteroatoms. The summed E-state index contributed by atoms with van der Waals surface area (Å²) in [6.07, 6.45) is 6.87. The molecular formula is C26H22F2N4O4. The Labute approximate surface area is 205 Å². The van der Waals surface area contributed by atoms with Gasteiger partial charge in [-0.1, -0.05) is 6.92 Å². The van der Waals surface area contributed by atoms with Gasteiger partial charge in [0.2, 0.25) is 5.88 Å². The molecule has 0 radical (unpaired) electrons. The van der Waals surface area contributed by atoms with Gasteiger partial charge in [-0.15, -0.1) is 0 Å². The topological polar surface area (TPSA) is 95.5 Å². The van der Waals surface area contributed by atoms with Gasteiger partial charge < -0.3 is 19.5 Å². The first-order valence-electron chi connectivity index (χ1n) is 11.4. The molecule has 0 saturated heterocycles. The van der Waals surface area contributed by atoms with E-state index >= 15 is 0 Å². The second kappa shape index (κ2) is 9.73. The van der Waals surface area contributed by atoms with Crippen molar-refractivity contribution >= 4 is 22.5 Å². The molecular weight excluding hydrogens is 470 g/mol. The normalized spacial score (nSPS) is 12.9. The van der Waals surface area contributed by atoms with Crippen LogP contribution in [0.3, 0.4) is 0 Å². The number of pyridine rings is 3. The van der Waals surface area contributed by atoms with Gasteiger partial charge in [-0.25, -0.2) is 13.8 Å². The lowest BCUT2D eigenvalue weighted by molar-refractivity contribution is 0.102. The minimum atomic E-state index is -1.01. The molecule has 1 aliphatic rings. The van der Waals surface area contributed by atoms with Gasteiger partial charge in [0, 0.05) is 42.1 Å². The number of halogens is 2. The lowest BCUT2D eigenvalue weighted by Gasteiger charge is -2.14. The average Bonchev–Trinajstić information content (AvgIpc) is 3.69. The van der Waals surface area contributed by atoms with Gasteiger partial charge in [0.15, 0.2) is 17.4 Å². The third-order valence-corrected chi connectivity index (χ3v) is 5.57. The van der Waals surface area contributed by atoms with E-state index in [-0.39, 0.29) is 29.0 Å². The van der Waals surface area contributed by atoms with Gasteiger partial charge in [-0.05, 0) is 37.5 Å². The van der Waals surface area contributed by atoms with E-state index in [9.17, 15) is 13.6 Å². The van der Waals surface area contributed by atoms with E-state index < -0.39 is 23.3 Å². The largest absolute Gasteiger partial charge is 0.489 e. The lowest BCUT2D eigenvalue weighted by atomic mass is 10.2. The van der Waals surface area contributed by atoms with Gasteiger partial charge >= 0.3 is 0 Å². The van der Waals surface area contributed by atoms with Crippen molar-refractivity contribution in [2.75, 3.05) is 12.4 Å². The van der Waals surface area contributed by atoms with Crippen LogP contribution in [0.25, 0.3) is 10.9 Å². The number of methoxy groups -OCH3 is 1. The van der Waals surface area contributed by atoms with Crippen LogP contribution in [-0.2, 0) is 6.42 Å². The number of benzene rings is 1. The number of amides is 1. The smallest absolute Gasteiger partial charge is 0.261 e. The molecule has 36 heavy (non-hydrogen) atoms. The predicted molar refractivity (Wildman–Crippen MR) is 128 cm³/mol. The summed E-state index contributed by atoms with van der Waals surface area (Å²) in [5, 5.41) is 2.87. The van der Waals surface area contributed by atoms with Crippen LogP contribution in [0.1, 0.15) is 35.8 Å². The first-order chi connectivity index (χ1) is 17.5. The van der Waals surface area contributed by atoms with E-state index in [4.69, 9.17) is 14.2 Å². The zero-order chi connectivity index (χ0) is 25.2. The molecule has 0 aliphatic heterocycles. The Kier molecular flexibility index (Phi) is 6.32. The number of anilines is 1. The molecule has 184 valence electrons. The van der Waals surface area contributed by atoms with Crippen molar-refractivity contribution in [3.63, 3.8) is 0 Å². The van der Waals surface area contributed by atoms with E-state index in [0.717, 1.165) is 30.7 Å². The molecule has 1 aliphatic carbocycles. The number of nitrogens with one attached hydrogen (secondary N) is 1. The molecule has 4 aromatic rings. The molecule has 3 aromatic heterocycles. The molecule has 1 saturated carbocycles. The van der Waals surface area contributed by atoms with E-state index in [2.05, 4.69) is 20.3 Å². The Bertz CT molecular complexity index is 1440. The standard InChI is InChI=1S/C26H22F2N4O4/c1-3-14-12-20-23(26(32-14)34-2)22(7-9-30-20)36-24-18(27)10-15(11-19(24)28)31-25(33)17-13-29-8-6-21(17)35-16-4-5-16/h6-13,16H,3-5H2,1-2H3,(H,31,33). The average molecular weight is 492 g/mol. The van der Waals surface area contributed by atoms with Crippen molar-refractivity contribution in [1.29, 1.82) is 0 Å². The highest BCUT2D eigenvalue weighted by atomic mass is 19.1. The van der Waals surface area contributed by atoms with Crippen LogP contribution in [0.2, 0.25) is 0 Å². The zero-order valence-electron chi connectivity index (χ0n) is 19.5. The number of rotatable bonds is 8. The van der Waals surface area contributed by atoms with Gasteiger partial charge in [0.1, 0.15) is 16.9 Å². The number of hydrogen-bond acceptors (Lipinski definition) is 7. The maximum Gasteiger partial charge on any atom is 0.261 e. The number of fused-ring (bicyclic) bond motifs is 1. The summed E-state index contributed by atoms with van der Waals surface area (Å²) in [6.45, 7) is 1.94. The second-order valence-electron chi connectivity index (χ2n) is 8.19.